The van der Waals surface area contributed by atoms with Crippen molar-refractivity contribution in [2.75, 3.05) is 0 Å². The topological polar surface area (TPSA) is 67.6 Å². The Morgan fingerprint density at radius 1 is 1.30 bits per heavy atom. The summed E-state index contributed by atoms with van der Waals surface area (Å²) in [6.07, 6.45) is 0. The number of hydrogen-bond donors (Lipinski definition) is 1. The van der Waals surface area contributed by atoms with E-state index in [1.807, 2.05) is 42.6 Å². The van der Waals surface area contributed by atoms with Crippen molar-refractivity contribution in [3.05, 3.63) is 46.6 Å². The molecule has 1 unspecified atom stereocenters. The number of thiophene rings is 1. The number of thioether (sulfide) groups is 1. The Kier molecular flexibility index (Phi) is 3.84. The lowest BCUT2D eigenvalue weighted by molar-refractivity contribution is 0.510. The Hall–Kier alpha value is -1.83. The molecule has 3 heterocycles. The van der Waals surface area contributed by atoms with Crippen LogP contribution in [0, 0.1) is 0 Å². The van der Waals surface area contributed by atoms with Crippen LogP contribution in [0.15, 0.2) is 45.3 Å². The van der Waals surface area contributed by atoms with E-state index in [2.05, 4.69) is 20.2 Å². The summed E-state index contributed by atoms with van der Waals surface area (Å²) in [5.41, 5.74) is 1.80. The summed E-state index contributed by atoms with van der Waals surface area (Å²) in [6, 6.07) is 9.50. The van der Waals surface area contributed by atoms with Crippen molar-refractivity contribution in [1.82, 2.24) is 20.2 Å². The predicted octanol–water partition coefficient (Wildman–Crippen LogP) is 5.18. The highest BCUT2D eigenvalue weighted by atomic mass is 35.5. The number of benzene rings is 1. The summed E-state index contributed by atoms with van der Waals surface area (Å²) in [5, 5.41) is 11.7. The number of nitrogens with one attached hydrogen (secondary N) is 1. The first-order valence-corrected chi connectivity index (χ1v) is 9.02. The molecule has 1 atom stereocenters. The van der Waals surface area contributed by atoms with Gasteiger partial charge in [-0.05, 0) is 36.6 Å². The molecule has 3 aromatic heterocycles. The van der Waals surface area contributed by atoms with Crippen LogP contribution in [0.2, 0.25) is 5.02 Å². The number of fused-ring (bicyclic) bond motifs is 1. The minimum Gasteiger partial charge on any atom is -0.419 e. The van der Waals surface area contributed by atoms with Crippen LogP contribution in [-0.2, 0) is 0 Å². The number of nitrogens with zero attached hydrogens (tertiary/aromatic N) is 3. The number of H-pyrrole nitrogens is 1. The van der Waals surface area contributed by atoms with E-state index in [-0.39, 0.29) is 5.25 Å². The van der Waals surface area contributed by atoms with Crippen molar-refractivity contribution in [3.8, 4) is 10.8 Å². The average molecular weight is 363 g/mol. The van der Waals surface area contributed by atoms with Gasteiger partial charge in [0.25, 0.3) is 5.89 Å². The normalized spacial score (nSPS) is 12.8. The van der Waals surface area contributed by atoms with Crippen LogP contribution >= 0.6 is 34.7 Å². The molecule has 0 amide bonds. The zero-order valence-electron chi connectivity index (χ0n) is 12.0. The van der Waals surface area contributed by atoms with E-state index in [1.54, 1.807) is 11.3 Å². The van der Waals surface area contributed by atoms with Gasteiger partial charge in [-0.15, -0.1) is 21.5 Å². The Labute approximate surface area is 145 Å². The zero-order chi connectivity index (χ0) is 15.8. The van der Waals surface area contributed by atoms with Crippen LogP contribution in [0.5, 0.6) is 0 Å². The fourth-order valence-corrected chi connectivity index (χ4v) is 3.80. The predicted molar refractivity (Wildman–Crippen MR) is 93.0 cm³/mol. The molecule has 0 aliphatic heterocycles. The van der Waals surface area contributed by atoms with E-state index < -0.39 is 0 Å². The first-order chi connectivity index (χ1) is 11.2. The number of halogens is 1. The largest absolute Gasteiger partial charge is 0.419 e. The molecule has 1 N–H and O–H groups in total. The van der Waals surface area contributed by atoms with Gasteiger partial charge in [0.15, 0.2) is 5.16 Å². The lowest BCUT2D eigenvalue weighted by atomic mass is 10.3. The molecule has 0 radical (unpaired) electrons. The third-order valence-electron chi connectivity index (χ3n) is 3.23. The molecule has 8 heteroatoms. The number of hydrogen-bond acceptors (Lipinski definition) is 6. The Morgan fingerprint density at radius 3 is 3.04 bits per heavy atom. The molecule has 4 aromatic rings. The second kappa shape index (κ2) is 5.99. The van der Waals surface area contributed by atoms with Crippen LogP contribution < -0.4 is 0 Å². The highest BCUT2D eigenvalue weighted by molar-refractivity contribution is 7.99. The SMILES string of the molecule is CC(Sc1nc2ccc(Cl)cc2[nH]1)c1nnc(-c2cccs2)o1. The Balaban J connectivity index is 1.55. The first kappa shape index (κ1) is 14.7. The summed E-state index contributed by atoms with van der Waals surface area (Å²) >= 11 is 9.11. The van der Waals surface area contributed by atoms with Crippen molar-refractivity contribution in [1.29, 1.82) is 0 Å². The van der Waals surface area contributed by atoms with Crippen LogP contribution in [-0.4, -0.2) is 20.2 Å². The second-order valence-electron chi connectivity index (χ2n) is 4.89. The summed E-state index contributed by atoms with van der Waals surface area (Å²) < 4.78 is 5.76. The van der Waals surface area contributed by atoms with E-state index in [1.165, 1.54) is 11.8 Å². The van der Waals surface area contributed by atoms with Gasteiger partial charge in [0.1, 0.15) is 0 Å². The maximum absolute atomic E-state index is 5.99. The fraction of sp³-hybridized carbons (Fsp3) is 0.133. The van der Waals surface area contributed by atoms with Gasteiger partial charge in [0.05, 0.1) is 21.2 Å². The van der Waals surface area contributed by atoms with E-state index >= 15 is 0 Å². The van der Waals surface area contributed by atoms with E-state index in [4.69, 9.17) is 16.0 Å². The quantitative estimate of drug-likeness (QED) is 0.506. The smallest absolute Gasteiger partial charge is 0.257 e. The summed E-state index contributed by atoms with van der Waals surface area (Å²) in [4.78, 5) is 8.76. The van der Waals surface area contributed by atoms with Crippen molar-refractivity contribution in [2.45, 2.75) is 17.3 Å². The maximum atomic E-state index is 5.99. The summed E-state index contributed by atoms with van der Waals surface area (Å²) in [5.74, 6) is 1.13. The number of imidazole rings is 1. The van der Waals surface area contributed by atoms with Gasteiger partial charge in [-0.2, -0.15) is 0 Å². The van der Waals surface area contributed by atoms with Crippen molar-refractivity contribution in [3.63, 3.8) is 0 Å². The molecule has 0 bridgehead atoms. The molecule has 0 aliphatic rings. The summed E-state index contributed by atoms with van der Waals surface area (Å²) in [7, 11) is 0. The molecule has 0 saturated carbocycles. The van der Waals surface area contributed by atoms with Gasteiger partial charge < -0.3 is 9.40 Å². The first-order valence-electron chi connectivity index (χ1n) is 6.88. The monoisotopic (exact) mass is 362 g/mol. The molecular weight excluding hydrogens is 352 g/mol. The fourth-order valence-electron chi connectivity index (χ4n) is 2.13. The molecule has 5 nitrogen and oxygen atoms in total. The van der Waals surface area contributed by atoms with Crippen LogP contribution in [0.4, 0.5) is 0 Å². The number of aromatic nitrogens is 4. The standard InChI is InChI=1S/C15H11ClN4OS2/c1-8(13-19-20-14(21-13)12-3-2-6-22-12)23-15-17-10-5-4-9(16)7-11(10)18-15/h2-8H,1H3,(H,17,18). The third kappa shape index (κ3) is 2.99. The molecule has 23 heavy (non-hydrogen) atoms. The maximum Gasteiger partial charge on any atom is 0.257 e. The minimum atomic E-state index is -0.00718. The van der Waals surface area contributed by atoms with Crippen molar-refractivity contribution in [2.24, 2.45) is 0 Å². The molecule has 0 saturated heterocycles. The number of rotatable bonds is 4. The Bertz CT molecular complexity index is 948. The van der Waals surface area contributed by atoms with Gasteiger partial charge >= 0.3 is 0 Å². The van der Waals surface area contributed by atoms with Gasteiger partial charge in [-0.3, -0.25) is 0 Å². The van der Waals surface area contributed by atoms with Crippen LogP contribution in [0.3, 0.4) is 0 Å². The molecular formula is C15H11ClN4OS2. The highest BCUT2D eigenvalue weighted by Gasteiger charge is 2.18. The average Bonchev–Trinajstić information content (AvgIpc) is 3.26. The van der Waals surface area contributed by atoms with Gasteiger partial charge in [-0.1, -0.05) is 29.4 Å². The minimum absolute atomic E-state index is 0.00718. The third-order valence-corrected chi connectivity index (χ3v) is 5.30. The van der Waals surface area contributed by atoms with Crippen LogP contribution in [0.25, 0.3) is 21.8 Å². The van der Waals surface area contributed by atoms with Gasteiger partial charge in [-0.25, -0.2) is 4.98 Å². The summed E-state index contributed by atoms with van der Waals surface area (Å²) in [6.45, 7) is 2.01. The lowest BCUT2D eigenvalue weighted by Gasteiger charge is -2.02. The van der Waals surface area contributed by atoms with E-state index in [0.717, 1.165) is 21.1 Å². The molecule has 0 fully saturated rings. The Morgan fingerprint density at radius 2 is 2.22 bits per heavy atom. The molecule has 0 aliphatic carbocycles. The molecule has 1 aromatic carbocycles. The van der Waals surface area contributed by atoms with Gasteiger partial charge in [0, 0.05) is 5.02 Å². The van der Waals surface area contributed by atoms with Crippen molar-refractivity contribution < 1.29 is 4.42 Å². The molecule has 116 valence electrons. The molecule has 0 spiro atoms. The lowest BCUT2D eigenvalue weighted by Crippen LogP contribution is -1.89. The zero-order valence-corrected chi connectivity index (χ0v) is 14.4. The van der Waals surface area contributed by atoms with Gasteiger partial charge in [0.2, 0.25) is 5.89 Å². The number of aromatic amines is 1. The van der Waals surface area contributed by atoms with Crippen molar-refractivity contribution >= 4 is 45.7 Å². The highest BCUT2D eigenvalue weighted by Crippen LogP contribution is 2.35. The molecule has 4 rings (SSSR count). The van der Waals surface area contributed by atoms with E-state index in [9.17, 15) is 0 Å². The van der Waals surface area contributed by atoms with Crippen LogP contribution in [0.1, 0.15) is 18.1 Å². The van der Waals surface area contributed by atoms with E-state index in [0.29, 0.717) is 16.8 Å². The second-order valence-corrected chi connectivity index (χ2v) is 7.60.